The van der Waals surface area contributed by atoms with Crippen molar-refractivity contribution in [2.45, 2.75) is 6.92 Å². The maximum absolute atomic E-state index is 10.9. The van der Waals surface area contributed by atoms with Crippen LogP contribution in [-0.4, -0.2) is 14.8 Å². The van der Waals surface area contributed by atoms with Gasteiger partial charge in [0, 0.05) is 11.8 Å². The van der Waals surface area contributed by atoms with Crippen molar-refractivity contribution in [3.05, 3.63) is 35.3 Å². The number of aromatic nitrogens is 3. The van der Waals surface area contributed by atoms with Crippen LogP contribution < -0.4 is 5.56 Å². The first-order valence-corrected chi connectivity index (χ1v) is 3.91. The van der Waals surface area contributed by atoms with Crippen LogP contribution in [0.15, 0.2) is 29.7 Å². The van der Waals surface area contributed by atoms with E-state index in [-0.39, 0.29) is 5.56 Å². The van der Waals surface area contributed by atoms with Crippen LogP contribution in [0, 0.1) is 0 Å². The van der Waals surface area contributed by atoms with E-state index in [1.165, 1.54) is 6.07 Å². The fourth-order valence-corrected chi connectivity index (χ4v) is 1.13. The Kier molecular flexibility index (Phi) is 1.55. The Morgan fingerprint density at radius 3 is 3.08 bits per heavy atom. The predicted molar refractivity (Wildman–Crippen MR) is 51.4 cm³/mol. The lowest BCUT2D eigenvalue weighted by Crippen LogP contribution is -2.00. The molecule has 0 radical (unpaired) electrons. The molecule has 0 atom stereocenters. The largest absolute Gasteiger partial charge is 0.319 e. The highest BCUT2D eigenvalue weighted by atomic mass is 16.1. The molecule has 0 fully saturated rings. The summed E-state index contributed by atoms with van der Waals surface area (Å²) in [5, 5.41) is 4.20. The van der Waals surface area contributed by atoms with Crippen molar-refractivity contribution in [3.8, 4) is 0 Å². The molecule has 0 saturated carbocycles. The number of rotatable bonds is 1. The summed E-state index contributed by atoms with van der Waals surface area (Å²) >= 11 is 0. The minimum atomic E-state index is -0.117. The Morgan fingerprint density at radius 2 is 2.38 bits per heavy atom. The second-order valence-electron chi connectivity index (χ2n) is 2.93. The van der Waals surface area contributed by atoms with Crippen molar-refractivity contribution in [3.63, 3.8) is 0 Å². The molecule has 0 unspecified atom stereocenters. The normalized spacial score (nSPS) is 10.5. The predicted octanol–water partition coefficient (Wildman–Crippen LogP) is 1.22. The number of hydrogen-bond donors (Lipinski definition) is 1. The highest BCUT2D eigenvalue weighted by Crippen LogP contribution is 2.08. The molecule has 0 amide bonds. The summed E-state index contributed by atoms with van der Waals surface area (Å²) in [5.41, 5.74) is 2.20. The second-order valence-corrected chi connectivity index (χ2v) is 2.93. The molecule has 2 heterocycles. The van der Waals surface area contributed by atoms with Gasteiger partial charge in [-0.15, -0.1) is 0 Å². The lowest BCUT2D eigenvalue weighted by molar-refractivity contribution is 0.915. The standard InChI is InChI=1S/C9H9N3O/c1-6(2)12-5-8-7(11-12)3-4-9(13)10-8/h3-5H,1H2,2H3,(H,10,13). The third kappa shape index (κ3) is 1.26. The molecule has 0 aliphatic rings. The molecular weight excluding hydrogens is 166 g/mol. The number of fused-ring (bicyclic) bond motifs is 1. The van der Waals surface area contributed by atoms with Crippen molar-refractivity contribution in [1.82, 2.24) is 14.8 Å². The first-order valence-electron chi connectivity index (χ1n) is 3.91. The zero-order chi connectivity index (χ0) is 9.42. The molecule has 0 spiro atoms. The first-order chi connectivity index (χ1) is 6.16. The Bertz CT molecular complexity index is 521. The van der Waals surface area contributed by atoms with Crippen LogP contribution in [0.1, 0.15) is 6.92 Å². The molecule has 4 heteroatoms. The molecule has 2 rings (SSSR count). The average Bonchev–Trinajstić information content (AvgIpc) is 2.46. The summed E-state index contributed by atoms with van der Waals surface area (Å²) in [4.78, 5) is 13.6. The van der Waals surface area contributed by atoms with Gasteiger partial charge in [0.25, 0.3) is 0 Å². The molecule has 0 aromatic carbocycles. The van der Waals surface area contributed by atoms with E-state index in [2.05, 4.69) is 16.7 Å². The summed E-state index contributed by atoms with van der Waals surface area (Å²) in [7, 11) is 0. The van der Waals surface area contributed by atoms with E-state index in [1.54, 1.807) is 16.9 Å². The van der Waals surface area contributed by atoms with Crippen molar-refractivity contribution in [2.75, 3.05) is 0 Å². The lowest BCUT2D eigenvalue weighted by Gasteiger charge is -1.93. The van der Waals surface area contributed by atoms with Crippen LogP contribution in [-0.2, 0) is 0 Å². The maximum Gasteiger partial charge on any atom is 0.248 e. The zero-order valence-electron chi connectivity index (χ0n) is 7.24. The van der Waals surface area contributed by atoms with Crippen molar-refractivity contribution in [1.29, 1.82) is 0 Å². The van der Waals surface area contributed by atoms with Gasteiger partial charge in [0.05, 0.1) is 11.7 Å². The molecule has 0 saturated heterocycles. The summed E-state index contributed by atoms with van der Waals surface area (Å²) in [6.07, 6.45) is 1.75. The Labute approximate surface area is 74.5 Å². The smallest absolute Gasteiger partial charge is 0.248 e. The van der Waals surface area contributed by atoms with Gasteiger partial charge in [-0.2, -0.15) is 5.10 Å². The van der Waals surface area contributed by atoms with Crippen LogP contribution in [0.5, 0.6) is 0 Å². The van der Waals surface area contributed by atoms with Gasteiger partial charge < -0.3 is 4.98 Å². The molecule has 66 valence electrons. The monoisotopic (exact) mass is 175 g/mol. The Balaban J connectivity index is 2.75. The average molecular weight is 175 g/mol. The second kappa shape index (κ2) is 2.58. The van der Waals surface area contributed by atoms with Crippen LogP contribution in [0.4, 0.5) is 0 Å². The van der Waals surface area contributed by atoms with Gasteiger partial charge in [0.2, 0.25) is 5.56 Å². The van der Waals surface area contributed by atoms with E-state index >= 15 is 0 Å². The fraction of sp³-hybridized carbons (Fsp3) is 0.111. The number of nitrogens with one attached hydrogen (secondary N) is 1. The van der Waals surface area contributed by atoms with Gasteiger partial charge in [-0.1, -0.05) is 6.58 Å². The fourth-order valence-electron chi connectivity index (χ4n) is 1.13. The van der Waals surface area contributed by atoms with Crippen molar-refractivity contribution < 1.29 is 0 Å². The van der Waals surface area contributed by atoms with Gasteiger partial charge >= 0.3 is 0 Å². The summed E-state index contributed by atoms with van der Waals surface area (Å²) < 4.78 is 1.64. The number of hydrogen-bond acceptors (Lipinski definition) is 2. The third-order valence-electron chi connectivity index (χ3n) is 1.78. The van der Waals surface area contributed by atoms with Gasteiger partial charge in [-0.3, -0.25) is 4.79 Å². The van der Waals surface area contributed by atoms with Crippen LogP contribution in [0.3, 0.4) is 0 Å². The quantitative estimate of drug-likeness (QED) is 0.708. The van der Waals surface area contributed by atoms with E-state index in [1.807, 2.05) is 6.92 Å². The molecule has 2 aromatic heterocycles. The molecule has 0 bridgehead atoms. The molecule has 0 aliphatic carbocycles. The number of nitrogens with zero attached hydrogens (tertiary/aromatic N) is 2. The van der Waals surface area contributed by atoms with E-state index in [9.17, 15) is 4.79 Å². The summed E-state index contributed by atoms with van der Waals surface area (Å²) in [5.74, 6) is 0. The van der Waals surface area contributed by atoms with Crippen LogP contribution >= 0.6 is 0 Å². The van der Waals surface area contributed by atoms with Crippen LogP contribution in [0.25, 0.3) is 16.7 Å². The Morgan fingerprint density at radius 1 is 1.62 bits per heavy atom. The maximum atomic E-state index is 10.9. The van der Waals surface area contributed by atoms with E-state index in [0.717, 1.165) is 16.7 Å². The van der Waals surface area contributed by atoms with Crippen molar-refractivity contribution in [2.24, 2.45) is 0 Å². The molecule has 13 heavy (non-hydrogen) atoms. The SMILES string of the molecule is C=C(C)n1cc2[nH]c(=O)ccc2n1. The molecule has 0 aliphatic heterocycles. The van der Waals surface area contributed by atoms with Crippen molar-refractivity contribution >= 4 is 16.7 Å². The molecule has 2 aromatic rings. The number of aromatic amines is 1. The van der Waals surface area contributed by atoms with Gasteiger partial charge in [-0.25, -0.2) is 4.68 Å². The lowest BCUT2D eigenvalue weighted by atomic mass is 10.4. The number of allylic oxidation sites excluding steroid dienone is 1. The molecule has 4 nitrogen and oxygen atoms in total. The number of H-pyrrole nitrogens is 1. The molecular formula is C9H9N3O. The summed E-state index contributed by atoms with van der Waals surface area (Å²) in [6, 6.07) is 3.14. The van der Waals surface area contributed by atoms with E-state index in [4.69, 9.17) is 0 Å². The van der Waals surface area contributed by atoms with Gasteiger partial charge in [-0.05, 0) is 13.0 Å². The van der Waals surface area contributed by atoms with Gasteiger partial charge in [0.1, 0.15) is 5.52 Å². The zero-order valence-corrected chi connectivity index (χ0v) is 7.24. The minimum absolute atomic E-state index is 0.117. The van der Waals surface area contributed by atoms with Crippen LogP contribution in [0.2, 0.25) is 0 Å². The van der Waals surface area contributed by atoms with E-state index in [0.29, 0.717) is 0 Å². The topological polar surface area (TPSA) is 50.7 Å². The van der Waals surface area contributed by atoms with E-state index < -0.39 is 0 Å². The first kappa shape index (κ1) is 7.79. The highest BCUT2D eigenvalue weighted by Gasteiger charge is 2.00. The molecule has 1 N–H and O–H groups in total. The Hall–Kier alpha value is -1.84. The highest BCUT2D eigenvalue weighted by molar-refractivity contribution is 5.73. The third-order valence-corrected chi connectivity index (χ3v) is 1.78. The number of pyridine rings is 1. The minimum Gasteiger partial charge on any atom is -0.319 e. The van der Waals surface area contributed by atoms with Gasteiger partial charge in [0.15, 0.2) is 0 Å². The summed E-state index contributed by atoms with van der Waals surface area (Å²) in [6.45, 7) is 5.60.